The second-order valence-corrected chi connectivity index (χ2v) is 6.68. The first-order valence-electron chi connectivity index (χ1n) is 7.83. The molecule has 0 spiro atoms. The molecule has 1 aliphatic rings. The molecule has 134 valence electrons. The first-order chi connectivity index (χ1) is 11.0. The average molecular weight is 346 g/mol. The summed E-state index contributed by atoms with van der Waals surface area (Å²) in [4.78, 5) is 28.1. The van der Waals surface area contributed by atoms with Gasteiger partial charge in [-0.15, -0.1) is 0 Å². The molecular weight excluding hydrogens is 325 g/mol. The number of halogens is 3. The molecule has 5 nitrogen and oxygen atoms in total. The number of rotatable bonds is 3. The third-order valence-electron chi connectivity index (χ3n) is 4.18. The molecule has 2 rings (SSSR count). The number of hydrogen-bond acceptors (Lipinski definition) is 3. The Bertz CT molecular complexity index is 659. The zero-order valence-electron chi connectivity index (χ0n) is 13.6. The van der Waals surface area contributed by atoms with Crippen molar-refractivity contribution in [3.8, 4) is 0 Å². The van der Waals surface area contributed by atoms with Crippen molar-refractivity contribution in [3.63, 3.8) is 0 Å². The van der Waals surface area contributed by atoms with Gasteiger partial charge in [0, 0.05) is 43.3 Å². The lowest BCUT2D eigenvalue weighted by atomic mass is 9.90. The largest absolute Gasteiger partial charge is 0.417 e. The predicted octanol–water partition coefficient (Wildman–Crippen LogP) is 2.10. The van der Waals surface area contributed by atoms with Crippen LogP contribution in [0.15, 0.2) is 16.9 Å². The highest BCUT2D eigenvalue weighted by atomic mass is 19.4. The summed E-state index contributed by atoms with van der Waals surface area (Å²) >= 11 is 0. The van der Waals surface area contributed by atoms with Gasteiger partial charge in [-0.05, 0) is 18.4 Å². The van der Waals surface area contributed by atoms with Gasteiger partial charge < -0.3 is 15.0 Å². The molecule has 0 aromatic carbocycles. The molecule has 0 atom stereocenters. The molecule has 0 saturated carbocycles. The number of aromatic amines is 1. The van der Waals surface area contributed by atoms with Gasteiger partial charge in [-0.2, -0.15) is 13.2 Å². The third-order valence-corrected chi connectivity index (χ3v) is 4.18. The normalized spacial score (nSPS) is 18.0. The van der Waals surface area contributed by atoms with Crippen LogP contribution in [-0.4, -0.2) is 45.8 Å². The Balaban J connectivity index is 2.14. The van der Waals surface area contributed by atoms with E-state index in [-0.39, 0.29) is 24.6 Å². The molecule has 0 unspecified atom stereocenters. The van der Waals surface area contributed by atoms with Crippen LogP contribution in [0.5, 0.6) is 0 Å². The zero-order chi connectivity index (χ0) is 18.1. The number of likely N-dealkylation sites (tertiary alicyclic amines) is 1. The standard InChI is InChI=1S/C16H21F3N2O3/c1-10(2)7-12-8-11(9-13(22)20-12)14(23)21-5-3-15(24,4-6-21)16(17,18)19/h8-10,24H,3-7H2,1-2H3,(H,20,22). The summed E-state index contributed by atoms with van der Waals surface area (Å²) in [6.07, 6.45) is -5.25. The van der Waals surface area contributed by atoms with E-state index in [2.05, 4.69) is 4.98 Å². The Morgan fingerprint density at radius 3 is 2.42 bits per heavy atom. The number of H-pyrrole nitrogens is 1. The topological polar surface area (TPSA) is 73.4 Å². The summed E-state index contributed by atoms with van der Waals surface area (Å²) in [5, 5.41) is 9.65. The lowest BCUT2D eigenvalue weighted by Gasteiger charge is -2.39. The van der Waals surface area contributed by atoms with Gasteiger partial charge in [0.1, 0.15) is 0 Å². The Labute approximate surface area is 137 Å². The van der Waals surface area contributed by atoms with Crippen LogP contribution < -0.4 is 5.56 Å². The molecule has 1 saturated heterocycles. The van der Waals surface area contributed by atoms with E-state index >= 15 is 0 Å². The maximum Gasteiger partial charge on any atom is 0.417 e. The van der Waals surface area contributed by atoms with Crippen molar-refractivity contribution in [2.45, 2.75) is 44.9 Å². The molecule has 1 amide bonds. The number of nitrogens with one attached hydrogen (secondary N) is 1. The van der Waals surface area contributed by atoms with Crippen LogP contribution in [0.4, 0.5) is 13.2 Å². The molecule has 2 N–H and O–H groups in total. The van der Waals surface area contributed by atoms with E-state index < -0.39 is 36.1 Å². The molecule has 1 aliphatic heterocycles. The van der Waals surface area contributed by atoms with E-state index in [1.807, 2.05) is 13.8 Å². The van der Waals surface area contributed by atoms with Gasteiger partial charge in [0.25, 0.3) is 5.91 Å². The van der Waals surface area contributed by atoms with Crippen LogP contribution in [-0.2, 0) is 6.42 Å². The van der Waals surface area contributed by atoms with Gasteiger partial charge in [-0.3, -0.25) is 9.59 Å². The highest BCUT2D eigenvalue weighted by Crippen LogP contribution is 2.38. The van der Waals surface area contributed by atoms with Crippen molar-refractivity contribution >= 4 is 5.91 Å². The van der Waals surface area contributed by atoms with Gasteiger partial charge >= 0.3 is 6.18 Å². The Morgan fingerprint density at radius 1 is 1.33 bits per heavy atom. The molecule has 2 heterocycles. The van der Waals surface area contributed by atoms with Crippen LogP contribution in [0.3, 0.4) is 0 Å². The number of pyridine rings is 1. The molecule has 8 heteroatoms. The SMILES string of the molecule is CC(C)Cc1cc(C(=O)N2CCC(O)(C(F)(F)F)CC2)cc(=O)[nH]1. The molecule has 1 fully saturated rings. The molecular formula is C16H21F3N2O3. The highest BCUT2D eigenvalue weighted by Gasteiger charge is 2.54. The number of piperidine rings is 1. The van der Waals surface area contributed by atoms with Crippen molar-refractivity contribution in [1.29, 1.82) is 0 Å². The second-order valence-electron chi connectivity index (χ2n) is 6.68. The number of nitrogens with zero attached hydrogens (tertiary/aromatic N) is 1. The van der Waals surface area contributed by atoms with Crippen LogP contribution in [0.1, 0.15) is 42.7 Å². The Morgan fingerprint density at radius 2 is 1.92 bits per heavy atom. The van der Waals surface area contributed by atoms with Crippen molar-refractivity contribution < 1.29 is 23.1 Å². The summed E-state index contributed by atoms with van der Waals surface area (Å²) < 4.78 is 38.4. The Hall–Kier alpha value is -1.83. The highest BCUT2D eigenvalue weighted by molar-refractivity contribution is 5.94. The number of hydrogen-bond donors (Lipinski definition) is 2. The maximum atomic E-state index is 12.8. The van der Waals surface area contributed by atoms with E-state index in [0.29, 0.717) is 12.1 Å². The first kappa shape index (κ1) is 18.5. The van der Waals surface area contributed by atoms with Gasteiger partial charge in [0.2, 0.25) is 5.56 Å². The van der Waals surface area contributed by atoms with Crippen molar-refractivity contribution in [3.05, 3.63) is 33.7 Å². The molecule has 0 radical (unpaired) electrons. The quantitative estimate of drug-likeness (QED) is 0.880. The van der Waals surface area contributed by atoms with E-state index in [0.717, 1.165) is 6.07 Å². The van der Waals surface area contributed by atoms with Gasteiger partial charge in [0.15, 0.2) is 5.60 Å². The minimum absolute atomic E-state index is 0.159. The number of amides is 1. The Kier molecular flexibility index (Phi) is 5.08. The molecule has 0 aliphatic carbocycles. The fourth-order valence-corrected chi connectivity index (χ4v) is 2.82. The lowest BCUT2D eigenvalue weighted by molar-refractivity contribution is -0.271. The summed E-state index contributed by atoms with van der Waals surface area (Å²) in [6, 6.07) is 2.71. The fourth-order valence-electron chi connectivity index (χ4n) is 2.82. The van der Waals surface area contributed by atoms with Gasteiger partial charge in [-0.1, -0.05) is 13.8 Å². The molecule has 1 aromatic rings. The summed E-state index contributed by atoms with van der Waals surface area (Å²) in [6.45, 7) is 3.52. The van der Waals surface area contributed by atoms with Crippen molar-refractivity contribution in [1.82, 2.24) is 9.88 Å². The van der Waals surface area contributed by atoms with Crippen LogP contribution in [0.2, 0.25) is 0 Å². The minimum Gasteiger partial charge on any atom is -0.380 e. The molecule has 0 bridgehead atoms. The number of aliphatic hydroxyl groups is 1. The van der Waals surface area contributed by atoms with Crippen LogP contribution >= 0.6 is 0 Å². The smallest absolute Gasteiger partial charge is 0.380 e. The second kappa shape index (κ2) is 6.58. The van der Waals surface area contributed by atoms with Gasteiger partial charge in [0.05, 0.1) is 0 Å². The summed E-state index contributed by atoms with van der Waals surface area (Å²) in [7, 11) is 0. The van der Waals surface area contributed by atoms with Crippen LogP contribution in [0.25, 0.3) is 0 Å². The first-order valence-corrected chi connectivity index (χ1v) is 7.83. The zero-order valence-corrected chi connectivity index (χ0v) is 13.6. The third kappa shape index (κ3) is 3.98. The molecule has 24 heavy (non-hydrogen) atoms. The monoisotopic (exact) mass is 346 g/mol. The fraction of sp³-hybridized carbons (Fsp3) is 0.625. The van der Waals surface area contributed by atoms with Crippen LogP contribution in [0, 0.1) is 5.92 Å². The van der Waals surface area contributed by atoms with E-state index in [9.17, 15) is 27.9 Å². The molecule has 1 aromatic heterocycles. The lowest BCUT2D eigenvalue weighted by Crippen LogP contribution is -2.54. The minimum atomic E-state index is -4.71. The average Bonchev–Trinajstić information content (AvgIpc) is 2.45. The predicted molar refractivity (Wildman–Crippen MR) is 81.7 cm³/mol. The maximum absolute atomic E-state index is 12.8. The van der Waals surface area contributed by atoms with E-state index in [1.165, 1.54) is 4.90 Å². The van der Waals surface area contributed by atoms with E-state index in [1.54, 1.807) is 6.07 Å². The number of aromatic nitrogens is 1. The summed E-state index contributed by atoms with van der Waals surface area (Å²) in [5.41, 5.74) is -2.39. The number of carbonyl (C=O) groups is 1. The van der Waals surface area contributed by atoms with Crippen molar-refractivity contribution in [2.75, 3.05) is 13.1 Å². The van der Waals surface area contributed by atoms with Gasteiger partial charge in [-0.25, -0.2) is 0 Å². The number of carbonyl (C=O) groups excluding carboxylic acids is 1. The van der Waals surface area contributed by atoms with E-state index in [4.69, 9.17) is 0 Å². The summed E-state index contributed by atoms with van der Waals surface area (Å²) in [5.74, 6) is -0.210. The number of alkyl halides is 3. The van der Waals surface area contributed by atoms with Crippen molar-refractivity contribution in [2.24, 2.45) is 5.92 Å².